The standard InChI is InChI=1S/C24H26N4O4S/c1-14-11-19(26-23(31)24(2,3)4)33-20(14)22(30)32-13-18(29)15(12-25)21-27(5)16-9-7-8-10-17(16)28(21)6/h7-11H,13H2,1-6H3,(H,26,31). The average molecular weight is 467 g/mol. The number of carbonyl (C=O) groups excluding carboxylic acids is 3. The van der Waals surface area contributed by atoms with Gasteiger partial charge in [-0.15, -0.1) is 11.3 Å². The van der Waals surface area contributed by atoms with Crippen molar-refractivity contribution in [3.63, 3.8) is 0 Å². The van der Waals surface area contributed by atoms with Gasteiger partial charge in [0.25, 0.3) is 0 Å². The van der Waals surface area contributed by atoms with E-state index < -0.39 is 23.8 Å². The van der Waals surface area contributed by atoms with Gasteiger partial charge in [0.1, 0.15) is 22.3 Å². The quantitative estimate of drug-likeness (QED) is 0.402. The number of esters is 1. The molecule has 1 N–H and O–H groups in total. The molecule has 0 fully saturated rings. The third-order valence-corrected chi connectivity index (χ3v) is 6.34. The topological polar surface area (TPSA) is 103 Å². The van der Waals surface area contributed by atoms with E-state index in [9.17, 15) is 19.6 Å². The van der Waals surface area contributed by atoms with Crippen LogP contribution >= 0.6 is 11.3 Å². The Morgan fingerprint density at radius 3 is 2.21 bits per heavy atom. The zero-order valence-corrected chi connectivity index (χ0v) is 20.3. The molecular formula is C24H26N4O4S. The minimum atomic E-state index is -0.680. The molecular weight excluding hydrogens is 440 g/mol. The normalized spacial score (nSPS) is 12.8. The Labute approximate surface area is 197 Å². The van der Waals surface area contributed by atoms with E-state index in [1.165, 1.54) is 0 Å². The molecule has 0 bridgehead atoms. The fourth-order valence-corrected chi connectivity index (χ4v) is 4.33. The summed E-state index contributed by atoms with van der Waals surface area (Å²) < 4.78 is 5.23. The smallest absolute Gasteiger partial charge is 0.349 e. The van der Waals surface area contributed by atoms with Crippen molar-refractivity contribution in [2.45, 2.75) is 27.7 Å². The number of nitrogens with zero attached hydrogens (tertiary/aromatic N) is 3. The lowest BCUT2D eigenvalue weighted by Gasteiger charge is -2.19. The molecule has 2 aromatic rings. The highest BCUT2D eigenvalue weighted by atomic mass is 32.1. The Kier molecular flexibility index (Phi) is 6.60. The molecule has 0 saturated heterocycles. The van der Waals surface area contributed by atoms with Crippen LogP contribution in [-0.4, -0.2) is 38.4 Å². The molecule has 33 heavy (non-hydrogen) atoms. The number of aryl methyl sites for hydroxylation is 1. The number of nitrogens with one attached hydrogen (secondary N) is 1. The number of carbonyl (C=O) groups is 3. The van der Waals surface area contributed by atoms with Crippen LogP contribution in [0.4, 0.5) is 16.4 Å². The lowest BCUT2D eigenvalue weighted by atomic mass is 9.96. The first-order valence-electron chi connectivity index (χ1n) is 10.3. The monoisotopic (exact) mass is 466 g/mol. The van der Waals surface area contributed by atoms with Gasteiger partial charge in [-0.05, 0) is 30.7 Å². The number of ketones is 1. The van der Waals surface area contributed by atoms with Crippen LogP contribution in [0.3, 0.4) is 0 Å². The van der Waals surface area contributed by atoms with E-state index in [1.807, 2.05) is 30.3 Å². The highest BCUT2D eigenvalue weighted by Gasteiger charge is 2.32. The fraction of sp³-hybridized carbons (Fsp3) is 0.333. The molecule has 0 spiro atoms. The third-order valence-electron chi connectivity index (χ3n) is 5.21. The third kappa shape index (κ3) is 4.76. The second-order valence-electron chi connectivity index (χ2n) is 8.74. The molecule has 9 heteroatoms. The first kappa shape index (κ1) is 24.0. The molecule has 0 unspecified atom stereocenters. The molecule has 2 heterocycles. The van der Waals surface area contributed by atoms with E-state index >= 15 is 0 Å². The van der Waals surface area contributed by atoms with Gasteiger partial charge >= 0.3 is 5.97 Å². The van der Waals surface area contributed by atoms with Crippen molar-refractivity contribution < 1.29 is 19.1 Å². The Balaban J connectivity index is 1.73. The van der Waals surface area contributed by atoms with Crippen LogP contribution in [0.15, 0.2) is 41.7 Å². The lowest BCUT2D eigenvalue weighted by Crippen LogP contribution is -2.27. The number of hydrogen-bond donors (Lipinski definition) is 1. The number of thiophene rings is 1. The number of Topliss-reactive ketones (excluding diaryl/α,β-unsaturated/α-hetero) is 1. The van der Waals surface area contributed by atoms with E-state index in [-0.39, 0.29) is 11.5 Å². The van der Waals surface area contributed by atoms with Crippen LogP contribution in [0.5, 0.6) is 0 Å². The summed E-state index contributed by atoms with van der Waals surface area (Å²) in [6.45, 7) is 6.54. The van der Waals surface area contributed by atoms with Gasteiger partial charge in [-0.2, -0.15) is 5.26 Å². The number of nitriles is 1. The van der Waals surface area contributed by atoms with E-state index in [0.29, 0.717) is 21.3 Å². The van der Waals surface area contributed by atoms with E-state index in [1.54, 1.807) is 57.7 Å². The van der Waals surface area contributed by atoms with Crippen LogP contribution in [0.25, 0.3) is 0 Å². The Morgan fingerprint density at radius 1 is 1.12 bits per heavy atom. The van der Waals surface area contributed by atoms with E-state index in [4.69, 9.17) is 4.74 Å². The van der Waals surface area contributed by atoms with Gasteiger partial charge < -0.3 is 19.9 Å². The van der Waals surface area contributed by atoms with Crippen molar-refractivity contribution in [2.24, 2.45) is 5.41 Å². The van der Waals surface area contributed by atoms with Gasteiger partial charge in [0.05, 0.1) is 16.4 Å². The van der Waals surface area contributed by atoms with Gasteiger partial charge in [0.2, 0.25) is 11.7 Å². The Morgan fingerprint density at radius 2 is 1.70 bits per heavy atom. The number of anilines is 3. The summed E-state index contributed by atoms with van der Waals surface area (Å²) in [7, 11) is 3.55. The number of para-hydroxylation sites is 2. The molecule has 1 aromatic carbocycles. The second-order valence-corrected chi connectivity index (χ2v) is 9.80. The molecule has 1 aliphatic heterocycles. The molecule has 0 radical (unpaired) electrons. The molecule has 1 aliphatic rings. The summed E-state index contributed by atoms with van der Waals surface area (Å²) >= 11 is 1.08. The van der Waals surface area contributed by atoms with Crippen molar-refractivity contribution in [1.82, 2.24) is 0 Å². The molecule has 172 valence electrons. The lowest BCUT2D eigenvalue weighted by molar-refractivity contribution is -0.123. The van der Waals surface area contributed by atoms with Crippen LogP contribution in [0.2, 0.25) is 0 Å². The minimum Gasteiger partial charge on any atom is -0.453 e. The van der Waals surface area contributed by atoms with Crippen LogP contribution < -0.4 is 15.1 Å². The number of hydrogen-bond acceptors (Lipinski definition) is 8. The largest absolute Gasteiger partial charge is 0.453 e. The summed E-state index contributed by atoms with van der Waals surface area (Å²) in [5, 5.41) is 13.0. The highest BCUT2D eigenvalue weighted by Crippen LogP contribution is 2.40. The van der Waals surface area contributed by atoms with Crippen LogP contribution in [0.1, 0.15) is 36.0 Å². The zero-order valence-electron chi connectivity index (χ0n) is 19.5. The summed E-state index contributed by atoms with van der Waals surface area (Å²) in [6.07, 6.45) is 0. The summed E-state index contributed by atoms with van der Waals surface area (Å²) in [5.41, 5.74) is 1.70. The number of amides is 1. The minimum absolute atomic E-state index is 0.0926. The van der Waals surface area contributed by atoms with E-state index in [0.717, 1.165) is 22.7 Å². The highest BCUT2D eigenvalue weighted by molar-refractivity contribution is 7.18. The molecule has 1 aromatic heterocycles. The summed E-state index contributed by atoms with van der Waals surface area (Å²) in [5.74, 6) is -1.02. The first-order valence-corrected chi connectivity index (χ1v) is 11.1. The van der Waals surface area contributed by atoms with Crippen molar-refractivity contribution in [1.29, 1.82) is 5.26 Å². The molecule has 1 amide bonds. The molecule has 3 rings (SSSR count). The van der Waals surface area contributed by atoms with Crippen molar-refractivity contribution >= 4 is 45.4 Å². The Bertz CT molecular complexity index is 1170. The van der Waals surface area contributed by atoms with Crippen LogP contribution in [0, 0.1) is 23.7 Å². The number of benzene rings is 1. The number of ether oxygens (including phenoxy) is 1. The maximum Gasteiger partial charge on any atom is 0.349 e. The number of rotatable bonds is 5. The van der Waals surface area contributed by atoms with Crippen molar-refractivity contribution in [2.75, 3.05) is 35.8 Å². The second kappa shape index (κ2) is 9.08. The van der Waals surface area contributed by atoms with Gasteiger partial charge in [-0.25, -0.2) is 4.79 Å². The fourth-order valence-electron chi connectivity index (χ4n) is 3.37. The molecule has 0 aliphatic carbocycles. The van der Waals surface area contributed by atoms with E-state index in [2.05, 4.69) is 5.32 Å². The van der Waals surface area contributed by atoms with Gasteiger partial charge in [0, 0.05) is 19.5 Å². The van der Waals surface area contributed by atoms with Crippen molar-refractivity contribution in [3.05, 3.63) is 52.2 Å². The SMILES string of the molecule is Cc1cc(NC(=O)C(C)(C)C)sc1C(=O)OCC(=O)C(C#N)=C1N(C)c2ccccc2N1C. The zero-order chi connectivity index (χ0) is 24.5. The predicted molar refractivity (Wildman–Crippen MR) is 128 cm³/mol. The average Bonchev–Trinajstić information content (AvgIpc) is 3.24. The molecule has 0 saturated carbocycles. The van der Waals surface area contributed by atoms with Gasteiger partial charge in [-0.1, -0.05) is 32.9 Å². The van der Waals surface area contributed by atoms with Gasteiger partial charge in [0.15, 0.2) is 6.61 Å². The maximum atomic E-state index is 12.8. The summed E-state index contributed by atoms with van der Waals surface area (Å²) in [6, 6.07) is 11.2. The molecule has 0 atom stereocenters. The first-order chi connectivity index (χ1) is 15.5. The predicted octanol–water partition coefficient (Wildman–Crippen LogP) is 4.09. The molecule has 8 nitrogen and oxygen atoms in total. The van der Waals surface area contributed by atoms with Crippen LogP contribution in [-0.2, 0) is 14.3 Å². The number of fused-ring (bicyclic) bond motifs is 1. The van der Waals surface area contributed by atoms with Gasteiger partial charge in [-0.3, -0.25) is 9.59 Å². The summed E-state index contributed by atoms with van der Waals surface area (Å²) in [4.78, 5) is 41.5. The maximum absolute atomic E-state index is 12.8. The van der Waals surface area contributed by atoms with Crippen molar-refractivity contribution in [3.8, 4) is 6.07 Å². The Hall–Kier alpha value is -3.64.